The average molecular weight is 264 g/mol. The highest BCUT2D eigenvalue weighted by Gasteiger charge is 2.21. The molecule has 1 fully saturated rings. The third-order valence-electron chi connectivity index (χ3n) is 3.69. The monoisotopic (exact) mass is 264 g/mol. The van der Waals surface area contributed by atoms with Gasteiger partial charge in [0.2, 0.25) is 0 Å². The van der Waals surface area contributed by atoms with Gasteiger partial charge in [0, 0.05) is 35.9 Å². The summed E-state index contributed by atoms with van der Waals surface area (Å²) in [5.41, 5.74) is 2.24. The molecular formula is C16H16N4. The predicted molar refractivity (Wildman–Crippen MR) is 78.7 cm³/mol. The highest BCUT2D eigenvalue weighted by Crippen LogP contribution is 2.23. The summed E-state index contributed by atoms with van der Waals surface area (Å²) in [6.07, 6.45) is 8.12. The second kappa shape index (κ2) is 4.72. The normalized spacial score (nSPS) is 14.8. The molecule has 0 spiro atoms. The van der Waals surface area contributed by atoms with E-state index in [0.29, 0.717) is 6.04 Å². The molecule has 1 saturated carbocycles. The highest BCUT2D eigenvalue weighted by atomic mass is 15.1. The molecule has 100 valence electrons. The molecule has 3 aromatic rings. The Morgan fingerprint density at radius 1 is 1.25 bits per heavy atom. The molecule has 2 aromatic heterocycles. The zero-order valence-electron chi connectivity index (χ0n) is 11.2. The van der Waals surface area contributed by atoms with Crippen molar-refractivity contribution in [1.29, 1.82) is 0 Å². The van der Waals surface area contributed by atoms with Crippen LogP contribution in [0, 0.1) is 0 Å². The number of hydrogen-bond acceptors (Lipinski definition) is 3. The van der Waals surface area contributed by atoms with Crippen LogP contribution in [0.25, 0.3) is 16.7 Å². The summed E-state index contributed by atoms with van der Waals surface area (Å²) < 4.78 is 1.98. The number of benzene rings is 1. The summed E-state index contributed by atoms with van der Waals surface area (Å²) in [7, 11) is 0. The van der Waals surface area contributed by atoms with E-state index >= 15 is 0 Å². The molecule has 0 saturated heterocycles. The first-order chi connectivity index (χ1) is 9.90. The maximum atomic E-state index is 4.80. The van der Waals surface area contributed by atoms with Crippen LogP contribution in [0.15, 0.2) is 49.1 Å². The van der Waals surface area contributed by atoms with Crippen LogP contribution in [0.1, 0.15) is 18.4 Å². The Labute approximate surface area is 117 Å². The molecule has 0 bridgehead atoms. The van der Waals surface area contributed by atoms with E-state index < -0.39 is 0 Å². The molecule has 2 heterocycles. The van der Waals surface area contributed by atoms with E-state index in [1.807, 2.05) is 22.9 Å². The zero-order valence-corrected chi connectivity index (χ0v) is 11.2. The van der Waals surface area contributed by atoms with Gasteiger partial charge in [-0.25, -0.2) is 9.97 Å². The fourth-order valence-electron chi connectivity index (χ4n) is 2.43. The van der Waals surface area contributed by atoms with E-state index in [2.05, 4.69) is 28.5 Å². The van der Waals surface area contributed by atoms with Crippen LogP contribution in [0.5, 0.6) is 0 Å². The summed E-state index contributed by atoms with van der Waals surface area (Å²) in [6.45, 7) is 0.857. The van der Waals surface area contributed by atoms with E-state index in [-0.39, 0.29) is 0 Å². The summed E-state index contributed by atoms with van der Waals surface area (Å²) in [4.78, 5) is 8.93. The number of fused-ring (bicyclic) bond motifs is 1. The minimum Gasteiger partial charge on any atom is -0.310 e. The van der Waals surface area contributed by atoms with Gasteiger partial charge < -0.3 is 5.32 Å². The molecule has 0 aliphatic heterocycles. The van der Waals surface area contributed by atoms with E-state index in [1.54, 1.807) is 12.5 Å². The zero-order chi connectivity index (χ0) is 13.4. The average Bonchev–Trinajstić information content (AvgIpc) is 3.16. The first-order valence-electron chi connectivity index (χ1n) is 7.00. The molecule has 0 atom stereocenters. The Bertz CT molecular complexity index is 729. The van der Waals surface area contributed by atoms with Crippen LogP contribution >= 0.6 is 0 Å². The number of pyridine rings is 1. The third-order valence-corrected chi connectivity index (χ3v) is 3.69. The van der Waals surface area contributed by atoms with Gasteiger partial charge in [-0.3, -0.25) is 4.57 Å². The molecule has 1 aliphatic rings. The Morgan fingerprint density at radius 2 is 2.15 bits per heavy atom. The summed E-state index contributed by atoms with van der Waals surface area (Å²) in [6, 6.07) is 11.2. The van der Waals surface area contributed by atoms with Crippen LogP contribution in [-0.4, -0.2) is 20.6 Å². The molecule has 20 heavy (non-hydrogen) atoms. The van der Waals surface area contributed by atoms with Crippen LogP contribution < -0.4 is 5.32 Å². The van der Waals surface area contributed by atoms with Crippen molar-refractivity contribution in [3.8, 4) is 5.82 Å². The van der Waals surface area contributed by atoms with Gasteiger partial charge in [0.05, 0.1) is 5.52 Å². The molecule has 1 aromatic carbocycles. The Morgan fingerprint density at radius 3 is 2.95 bits per heavy atom. The number of aromatic nitrogens is 3. The highest BCUT2D eigenvalue weighted by molar-refractivity contribution is 5.80. The summed E-state index contributed by atoms with van der Waals surface area (Å²) in [5.74, 6) is 0.967. The number of para-hydroxylation sites is 1. The maximum absolute atomic E-state index is 4.80. The molecular weight excluding hydrogens is 248 g/mol. The van der Waals surface area contributed by atoms with Crippen LogP contribution in [0.2, 0.25) is 0 Å². The van der Waals surface area contributed by atoms with Crippen molar-refractivity contribution in [3.63, 3.8) is 0 Å². The quantitative estimate of drug-likeness (QED) is 0.788. The number of nitrogens with one attached hydrogen (secondary N) is 1. The maximum Gasteiger partial charge on any atom is 0.143 e. The van der Waals surface area contributed by atoms with Crippen LogP contribution in [-0.2, 0) is 6.54 Å². The van der Waals surface area contributed by atoms with Gasteiger partial charge in [0.25, 0.3) is 0 Å². The SMILES string of the molecule is c1ccc2nc(-n3ccnc3)c(CNC3CC3)cc2c1. The van der Waals surface area contributed by atoms with Crippen molar-refractivity contribution in [3.05, 3.63) is 54.6 Å². The van der Waals surface area contributed by atoms with Gasteiger partial charge in [-0.05, 0) is 25.0 Å². The third kappa shape index (κ3) is 2.18. The molecule has 0 amide bonds. The lowest BCUT2D eigenvalue weighted by Crippen LogP contribution is -2.17. The van der Waals surface area contributed by atoms with Crippen molar-refractivity contribution in [2.75, 3.05) is 0 Å². The number of hydrogen-bond donors (Lipinski definition) is 1. The lowest BCUT2D eigenvalue weighted by atomic mass is 10.1. The van der Waals surface area contributed by atoms with Gasteiger partial charge in [-0.15, -0.1) is 0 Å². The lowest BCUT2D eigenvalue weighted by molar-refractivity contribution is 0.682. The summed E-state index contributed by atoms with van der Waals surface area (Å²) >= 11 is 0. The van der Waals surface area contributed by atoms with Crippen molar-refractivity contribution in [1.82, 2.24) is 19.9 Å². The fourth-order valence-corrected chi connectivity index (χ4v) is 2.43. The second-order valence-electron chi connectivity index (χ2n) is 5.29. The van der Waals surface area contributed by atoms with Gasteiger partial charge in [0.1, 0.15) is 12.1 Å². The molecule has 4 nitrogen and oxygen atoms in total. The second-order valence-corrected chi connectivity index (χ2v) is 5.29. The van der Waals surface area contributed by atoms with Gasteiger partial charge in [0.15, 0.2) is 0 Å². The molecule has 4 rings (SSSR count). The molecule has 0 unspecified atom stereocenters. The van der Waals surface area contributed by atoms with Gasteiger partial charge in [-0.2, -0.15) is 0 Å². The minimum atomic E-state index is 0.692. The van der Waals surface area contributed by atoms with Crippen LogP contribution in [0.4, 0.5) is 0 Å². The smallest absolute Gasteiger partial charge is 0.143 e. The van der Waals surface area contributed by atoms with Gasteiger partial charge in [-0.1, -0.05) is 18.2 Å². The lowest BCUT2D eigenvalue weighted by Gasteiger charge is -2.12. The standard InChI is InChI=1S/C16H16N4/c1-2-4-15-12(3-1)9-13(10-18-14-5-6-14)16(19-15)20-8-7-17-11-20/h1-4,7-9,11,14,18H,5-6,10H2. The Balaban J connectivity index is 1.81. The molecule has 1 N–H and O–H groups in total. The molecule has 1 aliphatic carbocycles. The minimum absolute atomic E-state index is 0.692. The van der Waals surface area contributed by atoms with Crippen molar-refractivity contribution >= 4 is 10.9 Å². The van der Waals surface area contributed by atoms with E-state index in [1.165, 1.54) is 23.8 Å². The molecule has 0 radical (unpaired) electrons. The number of imidazole rings is 1. The largest absolute Gasteiger partial charge is 0.310 e. The first-order valence-corrected chi connectivity index (χ1v) is 7.00. The van der Waals surface area contributed by atoms with E-state index in [4.69, 9.17) is 4.98 Å². The van der Waals surface area contributed by atoms with Crippen LogP contribution in [0.3, 0.4) is 0 Å². The Hall–Kier alpha value is -2.20. The van der Waals surface area contributed by atoms with E-state index in [9.17, 15) is 0 Å². The predicted octanol–water partition coefficient (Wildman–Crippen LogP) is 2.67. The Kier molecular flexibility index (Phi) is 2.74. The molecule has 4 heteroatoms. The fraction of sp³-hybridized carbons (Fsp3) is 0.250. The van der Waals surface area contributed by atoms with Crippen molar-refractivity contribution < 1.29 is 0 Å². The van der Waals surface area contributed by atoms with Gasteiger partial charge >= 0.3 is 0 Å². The van der Waals surface area contributed by atoms with E-state index in [0.717, 1.165) is 17.9 Å². The summed E-state index contributed by atoms with van der Waals surface area (Å²) in [5, 5.41) is 4.75. The van der Waals surface area contributed by atoms with Crippen molar-refractivity contribution in [2.45, 2.75) is 25.4 Å². The number of nitrogens with zero attached hydrogens (tertiary/aromatic N) is 3. The first kappa shape index (κ1) is 11.6. The topological polar surface area (TPSA) is 42.7 Å². The number of rotatable bonds is 4. The van der Waals surface area contributed by atoms with Crippen molar-refractivity contribution in [2.24, 2.45) is 0 Å².